The molecule has 6 nitrogen and oxygen atoms in total. The van der Waals surface area contributed by atoms with Crippen molar-refractivity contribution >= 4 is 23.2 Å². The van der Waals surface area contributed by atoms with E-state index in [9.17, 15) is 9.59 Å². The molecule has 0 aromatic heterocycles. The van der Waals surface area contributed by atoms with E-state index in [0.717, 1.165) is 0 Å². The van der Waals surface area contributed by atoms with Crippen molar-refractivity contribution in [2.24, 2.45) is 0 Å². The Kier molecular flexibility index (Phi) is 4.53. The Morgan fingerprint density at radius 1 is 1.33 bits per heavy atom. The number of benzene rings is 1. The van der Waals surface area contributed by atoms with Crippen LogP contribution in [0.3, 0.4) is 0 Å². The standard InChI is InChI=1S/C12H18N4O2/c1-14-11(17)7-15-10-6-8(4-5-9(10)13)12(18)16(2)3/h4-6,15H,7,13H2,1-3H3,(H,14,17). The zero-order valence-corrected chi connectivity index (χ0v) is 10.8. The summed E-state index contributed by atoms with van der Waals surface area (Å²) < 4.78 is 0. The van der Waals surface area contributed by atoms with Crippen LogP contribution in [0.25, 0.3) is 0 Å². The van der Waals surface area contributed by atoms with E-state index in [0.29, 0.717) is 16.9 Å². The normalized spacial score (nSPS) is 9.72. The smallest absolute Gasteiger partial charge is 0.253 e. The highest BCUT2D eigenvalue weighted by atomic mass is 16.2. The molecule has 0 radical (unpaired) electrons. The van der Waals surface area contributed by atoms with Crippen LogP contribution in [0.5, 0.6) is 0 Å². The number of nitrogens with one attached hydrogen (secondary N) is 2. The molecule has 6 heteroatoms. The molecule has 0 fully saturated rings. The average molecular weight is 250 g/mol. The molecule has 0 aliphatic carbocycles. The highest BCUT2D eigenvalue weighted by Gasteiger charge is 2.10. The van der Waals surface area contributed by atoms with Crippen molar-refractivity contribution in [2.45, 2.75) is 0 Å². The number of hydrogen-bond donors (Lipinski definition) is 3. The van der Waals surface area contributed by atoms with Gasteiger partial charge in [-0.3, -0.25) is 9.59 Å². The first-order chi connectivity index (χ1) is 8.45. The largest absolute Gasteiger partial charge is 0.397 e. The van der Waals surface area contributed by atoms with Crippen LogP contribution in [0.2, 0.25) is 0 Å². The topological polar surface area (TPSA) is 87.5 Å². The van der Waals surface area contributed by atoms with Gasteiger partial charge in [-0.25, -0.2) is 0 Å². The van der Waals surface area contributed by atoms with Crippen molar-refractivity contribution in [1.29, 1.82) is 0 Å². The lowest BCUT2D eigenvalue weighted by Crippen LogP contribution is -2.26. The van der Waals surface area contributed by atoms with E-state index in [2.05, 4.69) is 10.6 Å². The van der Waals surface area contributed by atoms with Crippen LogP contribution in [0, 0.1) is 0 Å². The fourth-order valence-electron chi connectivity index (χ4n) is 1.36. The van der Waals surface area contributed by atoms with Crippen molar-refractivity contribution in [3.05, 3.63) is 23.8 Å². The minimum absolute atomic E-state index is 0.111. The molecule has 0 unspecified atom stereocenters. The second kappa shape index (κ2) is 5.90. The van der Waals surface area contributed by atoms with Gasteiger partial charge in [0.25, 0.3) is 5.91 Å². The third-order valence-electron chi connectivity index (χ3n) is 2.42. The maximum absolute atomic E-state index is 11.8. The molecule has 0 spiro atoms. The molecule has 2 amide bonds. The summed E-state index contributed by atoms with van der Waals surface area (Å²) in [5, 5.41) is 5.38. The minimum Gasteiger partial charge on any atom is -0.397 e. The van der Waals surface area contributed by atoms with Gasteiger partial charge in [0.1, 0.15) is 0 Å². The number of nitrogen functional groups attached to an aromatic ring is 1. The summed E-state index contributed by atoms with van der Waals surface area (Å²) >= 11 is 0. The summed E-state index contributed by atoms with van der Waals surface area (Å²) in [6, 6.07) is 4.94. The third-order valence-corrected chi connectivity index (χ3v) is 2.42. The number of nitrogens with two attached hydrogens (primary N) is 1. The lowest BCUT2D eigenvalue weighted by atomic mass is 10.1. The molecule has 1 aromatic rings. The molecule has 0 bridgehead atoms. The van der Waals surface area contributed by atoms with Crippen molar-refractivity contribution < 1.29 is 9.59 Å². The van der Waals surface area contributed by atoms with Crippen molar-refractivity contribution in [3.63, 3.8) is 0 Å². The Balaban J connectivity index is 2.88. The molecule has 0 aliphatic heterocycles. The summed E-state index contributed by atoms with van der Waals surface area (Å²) in [6.07, 6.45) is 0. The van der Waals surface area contributed by atoms with Gasteiger partial charge in [-0.05, 0) is 18.2 Å². The Morgan fingerprint density at radius 2 is 2.00 bits per heavy atom. The number of amides is 2. The van der Waals surface area contributed by atoms with E-state index < -0.39 is 0 Å². The second-order valence-corrected chi connectivity index (χ2v) is 4.03. The van der Waals surface area contributed by atoms with E-state index >= 15 is 0 Å². The number of hydrogen-bond acceptors (Lipinski definition) is 4. The van der Waals surface area contributed by atoms with Gasteiger partial charge in [0.2, 0.25) is 5.91 Å². The third kappa shape index (κ3) is 3.38. The average Bonchev–Trinajstić information content (AvgIpc) is 2.36. The minimum atomic E-state index is -0.154. The quantitative estimate of drug-likeness (QED) is 0.663. The van der Waals surface area contributed by atoms with E-state index in [1.807, 2.05) is 0 Å². The fourth-order valence-corrected chi connectivity index (χ4v) is 1.36. The van der Waals surface area contributed by atoms with Gasteiger partial charge in [0.15, 0.2) is 0 Å². The molecular formula is C12H18N4O2. The van der Waals surface area contributed by atoms with Crippen LogP contribution in [0.1, 0.15) is 10.4 Å². The van der Waals surface area contributed by atoms with Crippen LogP contribution < -0.4 is 16.4 Å². The summed E-state index contributed by atoms with van der Waals surface area (Å²) in [6.45, 7) is 0.111. The monoisotopic (exact) mass is 250 g/mol. The van der Waals surface area contributed by atoms with Gasteiger partial charge in [-0.15, -0.1) is 0 Å². The summed E-state index contributed by atoms with van der Waals surface area (Å²) in [7, 11) is 4.91. The van der Waals surface area contributed by atoms with Gasteiger partial charge >= 0.3 is 0 Å². The Bertz CT molecular complexity index is 457. The van der Waals surface area contributed by atoms with E-state index in [1.165, 1.54) is 4.90 Å². The molecule has 4 N–H and O–H groups in total. The van der Waals surface area contributed by atoms with Crippen LogP contribution in [0.4, 0.5) is 11.4 Å². The molecule has 98 valence electrons. The molecule has 0 heterocycles. The number of anilines is 2. The molecule has 0 saturated heterocycles. The van der Waals surface area contributed by atoms with Gasteiger partial charge < -0.3 is 21.3 Å². The SMILES string of the molecule is CNC(=O)CNc1cc(C(=O)N(C)C)ccc1N. The van der Waals surface area contributed by atoms with Gasteiger partial charge in [0.05, 0.1) is 17.9 Å². The first kappa shape index (κ1) is 13.8. The number of carbonyl (C=O) groups is 2. The lowest BCUT2D eigenvalue weighted by molar-refractivity contribution is -0.118. The van der Waals surface area contributed by atoms with Crippen LogP contribution in [-0.4, -0.2) is 44.4 Å². The number of nitrogens with zero attached hydrogens (tertiary/aromatic N) is 1. The van der Waals surface area contributed by atoms with Crippen molar-refractivity contribution in [2.75, 3.05) is 38.7 Å². The Labute approximate surface area is 106 Å². The number of likely N-dealkylation sites (N-methyl/N-ethyl adjacent to an activating group) is 1. The van der Waals surface area contributed by atoms with Gasteiger partial charge in [-0.1, -0.05) is 0 Å². The Morgan fingerprint density at radius 3 is 2.56 bits per heavy atom. The highest BCUT2D eigenvalue weighted by molar-refractivity contribution is 5.96. The molecule has 0 saturated carbocycles. The summed E-state index contributed by atoms with van der Waals surface area (Å²) in [5.41, 5.74) is 7.37. The maximum atomic E-state index is 11.8. The molecular weight excluding hydrogens is 232 g/mol. The van der Waals surface area contributed by atoms with E-state index in [-0.39, 0.29) is 18.4 Å². The second-order valence-electron chi connectivity index (χ2n) is 4.03. The zero-order chi connectivity index (χ0) is 13.7. The molecule has 1 rings (SSSR count). The molecule has 18 heavy (non-hydrogen) atoms. The van der Waals surface area contributed by atoms with E-state index in [1.54, 1.807) is 39.3 Å². The van der Waals surface area contributed by atoms with Crippen LogP contribution in [-0.2, 0) is 4.79 Å². The lowest BCUT2D eigenvalue weighted by Gasteiger charge is -2.13. The van der Waals surface area contributed by atoms with Gasteiger partial charge in [-0.2, -0.15) is 0 Å². The molecule has 0 aliphatic rings. The molecule has 0 atom stereocenters. The van der Waals surface area contributed by atoms with E-state index in [4.69, 9.17) is 5.73 Å². The zero-order valence-electron chi connectivity index (χ0n) is 10.8. The molecule has 1 aromatic carbocycles. The van der Waals surface area contributed by atoms with Crippen molar-refractivity contribution in [3.8, 4) is 0 Å². The first-order valence-electron chi connectivity index (χ1n) is 5.51. The predicted octanol–water partition coefficient (Wildman–Crippen LogP) is 0.129. The van der Waals surface area contributed by atoms with Crippen LogP contribution >= 0.6 is 0 Å². The number of carbonyl (C=O) groups excluding carboxylic acids is 2. The van der Waals surface area contributed by atoms with Crippen LogP contribution in [0.15, 0.2) is 18.2 Å². The van der Waals surface area contributed by atoms with Crippen molar-refractivity contribution in [1.82, 2.24) is 10.2 Å². The van der Waals surface area contributed by atoms with Gasteiger partial charge in [0, 0.05) is 26.7 Å². The highest BCUT2D eigenvalue weighted by Crippen LogP contribution is 2.20. The predicted molar refractivity (Wildman–Crippen MR) is 71.4 cm³/mol. The number of rotatable bonds is 4. The summed E-state index contributed by atoms with van der Waals surface area (Å²) in [5.74, 6) is -0.267. The maximum Gasteiger partial charge on any atom is 0.253 e. The first-order valence-corrected chi connectivity index (χ1v) is 5.51. The summed E-state index contributed by atoms with van der Waals surface area (Å²) in [4.78, 5) is 24.4. The fraction of sp³-hybridized carbons (Fsp3) is 0.333. The Hall–Kier alpha value is -2.24.